The number of nitrogens with zero attached hydrogens (tertiary/aromatic N) is 1. The number of hydrogen-bond donors (Lipinski definition) is 1. The van der Waals surface area contributed by atoms with Crippen molar-refractivity contribution in [1.29, 1.82) is 0 Å². The summed E-state index contributed by atoms with van der Waals surface area (Å²) in [6.45, 7) is 6.84. The Morgan fingerprint density at radius 1 is 1.16 bits per heavy atom. The van der Waals surface area contributed by atoms with Crippen LogP contribution in [-0.4, -0.2) is 17.4 Å². The first kappa shape index (κ1) is 17.6. The number of rotatable bonds is 5. The molecule has 0 spiro atoms. The number of halogens is 1. The van der Waals surface area contributed by atoms with E-state index in [1.807, 2.05) is 12.1 Å². The fourth-order valence-corrected chi connectivity index (χ4v) is 2.78. The molecule has 1 heterocycles. The Morgan fingerprint density at radius 3 is 2.44 bits per heavy atom. The van der Waals surface area contributed by atoms with E-state index in [4.69, 9.17) is 0 Å². The van der Waals surface area contributed by atoms with Gasteiger partial charge in [0.2, 0.25) is 0 Å². The zero-order valence-corrected chi connectivity index (χ0v) is 15.1. The zero-order chi connectivity index (χ0) is 18.0. The lowest BCUT2D eigenvalue weighted by Gasteiger charge is -2.19. The van der Waals surface area contributed by atoms with Crippen LogP contribution in [0.15, 0.2) is 36.4 Å². The van der Waals surface area contributed by atoms with Crippen LogP contribution in [0.3, 0.4) is 0 Å². The molecule has 1 aliphatic carbocycles. The minimum Gasteiger partial charge on any atom is -0.350 e. The molecule has 1 aromatic carbocycles. The summed E-state index contributed by atoms with van der Waals surface area (Å²) in [4.78, 5) is 17.1. The molecule has 0 unspecified atom stereocenters. The third kappa shape index (κ3) is 4.88. The van der Waals surface area contributed by atoms with E-state index in [2.05, 4.69) is 31.1 Å². The summed E-state index contributed by atoms with van der Waals surface area (Å²) in [5.41, 5.74) is 3.63. The van der Waals surface area contributed by atoms with E-state index in [0.717, 1.165) is 11.3 Å². The molecule has 132 valence electrons. The van der Waals surface area contributed by atoms with Crippen LogP contribution in [0.2, 0.25) is 0 Å². The van der Waals surface area contributed by atoms with Crippen molar-refractivity contribution in [3.05, 3.63) is 64.7 Å². The number of carbonyl (C=O) groups is 1. The molecule has 1 aliphatic rings. The van der Waals surface area contributed by atoms with Gasteiger partial charge in [-0.25, -0.2) is 9.37 Å². The van der Waals surface area contributed by atoms with Crippen LogP contribution in [0, 0.1) is 11.2 Å². The Labute approximate surface area is 148 Å². The van der Waals surface area contributed by atoms with E-state index in [9.17, 15) is 9.18 Å². The van der Waals surface area contributed by atoms with Crippen LogP contribution in [0.1, 0.15) is 66.8 Å². The standard InChI is InChI=1S/C21H25FN2O/c1-21(2,3)13-23-20(25)18-11-10-17(15-6-7-15)19(24-18)12-14-4-8-16(22)9-5-14/h4-5,8-11,15H,6-7,12-13H2,1-3H3,(H,23,25). The number of benzene rings is 1. The van der Waals surface area contributed by atoms with E-state index in [0.29, 0.717) is 24.6 Å². The second-order valence-electron chi connectivity index (χ2n) is 8.05. The number of nitrogens with one attached hydrogen (secondary N) is 1. The van der Waals surface area contributed by atoms with E-state index < -0.39 is 0 Å². The lowest BCUT2D eigenvalue weighted by atomic mass is 9.97. The molecule has 1 saturated carbocycles. The third-order valence-corrected chi connectivity index (χ3v) is 4.32. The first-order chi connectivity index (χ1) is 11.8. The van der Waals surface area contributed by atoms with Crippen LogP contribution in [0.4, 0.5) is 4.39 Å². The van der Waals surface area contributed by atoms with Crippen LogP contribution in [0.25, 0.3) is 0 Å². The maximum Gasteiger partial charge on any atom is 0.269 e. The molecular formula is C21H25FN2O. The molecule has 0 atom stereocenters. The smallest absolute Gasteiger partial charge is 0.269 e. The second-order valence-corrected chi connectivity index (χ2v) is 8.05. The molecule has 0 radical (unpaired) electrons. The summed E-state index contributed by atoms with van der Waals surface area (Å²) in [7, 11) is 0. The van der Waals surface area contributed by atoms with Crippen molar-refractivity contribution >= 4 is 5.91 Å². The minimum absolute atomic E-state index is 0.0283. The Morgan fingerprint density at radius 2 is 1.84 bits per heavy atom. The lowest BCUT2D eigenvalue weighted by molar-refractivity contribution is 0.0934. The van der Waals surface area contributed by atoms with Gasteiger partial charge in [-0.3, -0.25) is 4.79 Å². The number of pyridine rings is 1. The van der Waals surface area contributed by atoms with Crippen molar-refractivity contribution in [2.75, 3.05) is 6.54 Å². The van der Waals surface area contributed by atoms with E-state index in [-0.39, 0.29) is 17.1 Å². The largest absolute Gasteiger partial charge is 0.350 e. The normalized spacial score (nSPS) is 14.4. The predicted molar refractivity (Wildman–Crippen MR) is 97.2 cm³/mol. The minimum atomic E-state index is -0.241. The van der Waals surface area contributed by atoms with Crippen LogP contribution in [-0.2, 0) is 6.42 Å². The molecule has 1 N–H and O–H groups in total. The molecule has 3 nitrogen and oxygen atoms in total. The van der Waals surface area contributed by atoms with Crippen molar-refractivity contribution in [3.8, 4) is 0 Å². The number of carbonyl (C=O) groups excluding carboxylic acids is 1. The van der Waals surface area contributed by atoms with Crippen molar-refractivity contribution < 1.29 is 9.18 Å². The van der Waals surface area contributed by atoms with Gasteiger partial charge in [0.1, 0.15) is 11.5 Å². The average molecular weight is 340 g/mol. The molecule has 1 aromatic heterocycles. The lowest BCUT2D eigenvalue weighted by Crippen LogP contribution is -2.32. The van der Waals surface area contributed by atoms with E-state index in [1.54, 1.807) is 12.1 Å². The van der Waals surface area contributed by atoms with Crippen LogP contribution >= 0.6 is 0 Å². The molecule has 1 fully saturated rings. The molecule has 0 bridgehead atoms. The van der Waals surface area contributed by atoms with Crippen molar-refractivity contribution in [2.45, 2.75) is 46.0 Å². The van der Waals surface area contributed by atoms with E-state index in [1.165, 1.54) is 30.5 Å². The molecule has 2 aromatic rings. The molecular weight excluding hydrogens is 315 g/mol. The highest BCUT2D eigenvalue weighted by Crippen LogP contribution is 2.41. The van der Waals surface area contributed by atoms with Gasteiger partial charge in [-0.05, 0) is 53.5 Å². The van der Waals surface area contributed by atoms with Crippen molar-refractivity contribution in [1.82, 2.24) is 10.3 Å². The highest BCUT2D eigenvalue weighted by atomic mass is 19.1. The molecule has 25 heavy (non-hydrogen) atoms. The fraction of sp³-hybridized carbons (Fsp3) is 0.429. The molecule has 3 rings (SSSR count). The van der Waals surface area contributed by atoms with Gasteiger partial charge in [0.15, 0.2) is 0 Å². The van der Waals surface area contributed by atoms with Crippen molar-refractivity contribution in [2.24, 2.45) is 5.41 Å². The van der Waals surface area contributed by atoms with Gasteiger partial charge < -0.3 is 5.32 Å². The Bertz CT molecular complexity index is 758. The molecule has 4 heteroatoms. The SMILES string of the molecule is CC(C)(C)CNC(=O)c1ccc(C2CC2)c(Cc2ccc(F)cc2)n1. The fourth-order valence-electron chi connectivity index (χ4n) is 2.78. The van der Waals surface area contributed by atoms with Gasteiger partial charge in [0, 0.05) is 18.7 Å². The zero-order valence-electron chi connectivity index (χ0n) is 15.1. The summed E-state index contributed by atoms with van der Waals surface area (Å²) in [6, 6.07) is 10.3. The summed E-state index contributed by atoms with van der Waals surface area (Å²) >= 11 is 0. The van der Waals surface area contributed by atoms with Crippen LogP contribution in [0.5, 0.6) is 0 Å². The van der Waals surface area contributed by atoms with Crippen molar-refractivity contribution in [3.63, 3.8) is 0 Å². The first-order valence-electron chi connectivity index (χ1n) is 8.84. The van der Waals surface area contributed by atoms with Crippen LogP contribution < -0.4 is 5.32 Å². The molecule has 0 aliphatic heterocycles. The summed E-state index contributed by atoms with van der Waals surface area (Å²) in [5.74, 6) is 0.168. The Balaban J connectivity index is 1.82. The number of amides is 1. The number of hydrogen-bond acceptors (Lipinski definition) is 2. The molecule has 0 saturated heterocycles. The monoisotopic (exact) mass is 340 g/mol. The summed E-state index contributed by atoms with van der Waals surface area (Å²) in [6.07, 6.45) is 2.97. The van der Waals surface area contributed by atoms with Gasteiger partial charge in [-0.15, -0.1) is 0 Å². The maximum atomic E-state index is 13.1. The average Bonchev–Trinajstić information content (AvgIpc) is 3.39. The second kappa shape index (κ2) is 6.95. The highest BCUT2D eigenvalue weighted by Gasteiger charge is 2.27. The quantitative estimate of drug-likeness (QED) is 0.873. The van der Waals surface area contributed by atoms with E-state index >= 15 is 0 Å². The van der Waals surface area contributed by atoms with Gasteiger partial charge in [0.05, 0.1) is 0 Å². The Hall–Kier alpha value is -2.23. The number of aromatic nitrogens is 1. The topological polar surface area (TPSA) is 42.0 Å². The summed E-state index contributed by atoms with van der Waals surface area (Å²) in [5, 5.41) is 2.95. The maximum absolute atomic E-state index is 13.1. The highest BCUT2D eigenvalue weighted by molar-refractivity contribution is 5.92. The van der Waals surface area contributed by atoms with Gasteiger partial charge in [0.25, 0.3) is 5.91 Å². The first-order valence-corrected chi connectivity index (χ1v) is 8.84. The van der Waals surface area contributed by atoms with Gasteiger partial charge in [-0.2, -0.15) is 0 Å². The Kier molecular flexibility index (Phi) is 4.89. The summed E-state index contributed by atoms with van der Waals surface area (Å²) < 4.78 is 13.1. The van der Waals surface area contributed by atoms with Gasteiger partial charge >= 0.3 is 0 Å². The predicted octanol–water partition coefficient (Wildman–Crippen LogP) is 4.46. The van der Waals surface area contributed by atoms with Gasteiger partial charge in [-0.1, -0.05) is 39.0 Å². The third-order valence-electron chi connectivity index (χ3n) is 4.32. The molecule has 1 amide bonds.